The first kappa shape index (κ1) is 27.4. The first-order valence-electron chi connectivity index (χ1n) is 14.2. The number of amides is 2. The van der Waals surface area contributed by atoms with E-state index in [1.54, 1.807) is 22.1 Å². The molecule has 0 bridgehead atoms. The van der Waals surface area contributed by atoms with E-state index in [0.29, 0.717) is 30.1 Å². The molecule has 1 N–H and O–H groups in total. The number of fused-ring (bicyclic) bond motifs is 1. The number of aromatic nitrogens is 1. The standard InChI is InChI=1S/C30H43N3O4/c1-21-18-33(22(2)20-34)30(36)26-16-24(15-14-23-10-6-4-7-11-23)17-31-28(26)37-27(21)19-32(3)29(35)25-12-8-5-9-13-25/h16-17,21-23,25,27,34H,4-13,18-20H2,1-3H3/t21-,22-,27+/m0/s1. The summed E-state index contributed by atoms with van der Waals surface area (Å²) < 4.78 is 6.38. The predicted molar refractivity (Wildman–Crippen MR) is 143 cm³/mol. The van der Waals surface area contributed by atoms with Crippen LogP contribution in [-0.4, -0.2) is 70.6 Å². The number of carbonyl (C=O) groups excluding carboxylic acids is 2. The van der Waals surface area contributed by atoms with Gasteiger partial charge in [-0.15, -0.1) is 0 Å². The normalized spacial score (nSPS) is 24.1. The summed E-state index contributed by atoms with van der Waals surface area (Å²) in [7, 11) is 1.85. The van der Waals surface area contributed by atoms with Gasteiger partial charge in [-0.1, -0.05) is 57.3 Å². The number of aliphatic hydroxyl groups is 1. The second-order valence-electron chi connectivity index (χ2n) is 11.4. The van der Waals surface area contributed by atoms with Gasteiger partial charge >= 0.3 is 0 Å². The molecule has 2 fully saturated rings. The molecular weight excluding hydrogens is 466 g/mol. The number of nitrogens with zero attached hydrogens (tertiary/aromatic N) is 3. The van der Waals surface area contributed by atoms with Crippen LogP contribution in [0.2, 0.25) is 0 Å². The summed E-state index contributed by atoms with van der Waals surface area (Å²) in [5.41, 5.74) is 1.07. The van der Waals surface area contributed by atoms with Gasteiger partial charge in [0.25, 0.3) is 5.91 Å². The fourth-order valence-electron chi connectivity index (χ4n) is 5.84. The summed E-state index contributed by atoms with van der Waals surface area (Å²) in [5.74, 6) is 7.30. The fraction of sp³-hybridized carbons (Fsp3) is 0.700. The van der Waals surface area contributed by atoms with Crippen molar-refractivity contribution < 1.29 is 19.4 Å². The molecule has 202 valence electrons. The van der Waals surface area contributed by atoms with Gasteiger partial charge in [0.2, 0.25) is 11.8 Å². The topological polar surface area (TPSA) is 83.0 Å². The Morgan fingerprint density at radius 3 is 2.54 bits per heavy atom. The van der Waals surface area contributed by atoms with Crippen LogP contribution in [0.25, 0.3) is 0 Å². The van der Waals surface area contributed by atoms with Crippen molar-refractivity contribution >= 4 is 11.8 Å². The van der Waals surface area contributed by atoms with Gasteiger partial charge in [-0.25, -0.2) is 4.98 Å². The van der Waals surface area contributed by atoms with Crippen molar-refractivity contribution in [3.05, 3.63) is 23.4 Å². The molecule has 37 heavy (non-hydrogen) atoms. The molecule has 4 rings (SSSR count). The van der Waals surface area contributed by atoms with E-state index in [1.807, 2.05) is 20.9 Å². The highest BCUT2D eigenvalue weighted by atomic mass is 16.5. The molecule has 0 aromatic carbocycles. The first-order chi connectivity index (χ1) is 17.9. The molecule has 3 aliphatic rings. The number of pyridine rings is 1. The molecule has 3 atom stereocenters. The van der Waals surface area contributed by atoms with Crippen molar-refractivity contribution in [2.45, 2.75) is 90.2 Å². The van der Waals surface area contributed by atoms with Gasteiger partial charge in [0, 0.05) is 43.1 Å². The molecule has 7 heteroatoms. The lowest BCUT2D eigenvalue weighted by atomic mass is 9.88. The third-order valence-corrected chi connectivity index (χ3v) is 8.33. The summed E-state index contributed by atoms with van der Waals surface area (Å²) in [5, 5.41) is 9.90. The van der Waals surface area contributed by atoms with E-state index in [1.165, 1.54) is 25.7 Å². The van der Waals surface area contributed by atoms with Gasteiger partial charge in [-0.05, 0) is 38.7 Å². The van der Waals surface area contributed by atoms with Gasteiger partial charge < -0.3 is 19.6 Å². The van der Waals surface area contributed by atoms with Gasteiger partial charge in [-0.3, -0.25) is 9.59 Å². The maximum atomic E-state index is 13.6. The highest BCUT2D eigenvalue weighted by Gasteiger charge is 2.35. The number of aliphatic hydroxyl groups excluding tert-OH is 1. The Morgan fingerprint density at radius 2 is 1.86 bits per heavy atom. The second-order valence-corrected chi connectivity index (χ2v) is 11.4. The molecule has 1 aromatic rings. The summed E-state index contributed by atoms with van der Waals surface area (Å²) in [4.78, 5) is 34.8. The minimum Gasteiger partial charge on any atom is -0.472 e. The van der Waals surface area contributed by atoms with Crippen LogP contribution < -0.4 is 4.74 Å². The van der Waals surface area contributed by atoms with E-state index in [2.05, 4.69) is 16.8 Å². The number of ether oxygens (including phenoxy) is 1. The molecule has 2 aliphatic carbocycles. The Labute approximate surface area is 222 Å². The van der Waals surface area contributed by atoms with Crippen molar-refractivity contribution in [1.82, 2.24) is 14.8 Å². The molecule has 2 saturated carbocycles. The quantitative estimate of drug-likeness (QED) is 0.600. The van der Waals surface area contributed by atoms with Crippen molar-refractivity contribution in [3.63, 3.8) is 0 Å². The lowest BCUT2D eigenvalue weighted by Gasteiger charge is -2.38. The van der Waals surface area contributed by atoms with Gasteiger partial charge in [0.05, 0.1) is 19.2 Å². The Morgan fingerprint density at radius 1 is 1.19 bits per heavy atom. The summed E-state index contributed by atoms with van der Waals surface area (Å²) in [6, 6.07) is 1.43. The zero-order valence-electron chi connectivity index (χ0n) is 22.7. The van der Waals surface area contributed by atoms with Crippen molar-refractivity contribution in [3.8, 4) is 17.7 Å². The summed E-state index contributed by atoms with van der Waals surface area (Å²) in [6.07, 6.45) is 12.7. The molecule has 0 unspecified atom stereocenters. The van der Waals surface area contributed by atoms with E-state index in [4.69, 9.17) is 4.74 Å². The number of carbonyl (C=O) groups is 2. The third kappa shape index (κ3) is 6.84. The molecule has 7 nitrogen and oxygen atoms in total. The maximum Gasteiger partial charge on any atom is 0.259 e. The van der Waals surface area contributed by atoms with Crippen molar-refractivity contribution in [2.75, 3.05) is 26.7 Å². The van der Waals surface area contributed by atoms with E-state index < -0.39 is 0 Å². The highest BCUT2D eigenvalue weighted by Crippen LogP contribution is 2.29. The van der Waals surface area contributed by atoms with E-state index in [9.17, 15) is 14.7 Å². The zero-order chi connectivity index (χ0) is 26.4. The maximum absolute atomic E-state index is 13.6. The number of hydrogen-bond acceptors (Lipinski definition) is 5. The summed E-state index contributed by atoms with van der Waals surface area (Å²) >= 11 is 0. The van der Waals surface area contributed by atoms with Crippen molar-refractivity contribution in [2.24, 2.45) is 17.8 Å². The molecule has 1 aromatic heterocycles. The Hall–Kier alpha value is -2.59. The van der Waals surface area contributed by atoms with Gasteiger partial charge in [0.1, 0.15) is 11.7 Å². The van der Waals surface area contributed by atoms with Crippen LogP contribution in [0.3, 0.4) is 0 Å². The lowest BCUT2D eigenvalue weighted by Crippen LogP contribution is -2.51. The Bertz CT molecular complexity index is 1000. The number of rotatable bonds is 5. The van der Waals surface area contributed by atoms with Crippen LogP contribution in [0.15, 0.2) is 12.3 Å². The number of likely N-dealkylation sites (N-methyl/N-ethyl adjacent to an activating group) is 1. The molecule has 0 saturated heterocycles. The summed E-state index contributed by atoms with van der Waals surface area (Å²) in [6.45, 7) is 4.60. The average molecular weight is 510 g/mol. The fourth-order valence-corrected chi connectivity index (χ4v) is 5.84. The van der Waals surface area contributed by atoms with Crippen LogP contribution in [-0.2, 0) is 4.79 Å². The van der Waals surface area contributed by atoms with Crippen molar-refractivity contribution in [1.29, 1.82) is 0 Å². The van der Waals surface area contributed by atoms with Crippen LogP contribution in [0, 0.1) is 29.6 Å². The predicted octanol–water partition coefficient (Wildman–Crippen LogP) is 4.27. The van der Waals surface area contributed by atoms with E-state index in [-0.39, 0.29) is 48.3 Å². The molecule has 0 radical (unpaired) electrons. The lowest BCUT2D eigenvalue weighted by molar-refractivity contribution is -0.136. The van der Waals surface area contributed by atoms with Crippen LogP contribution in [0.5, 0.6) is 5.88 Å². The number of hydrogen-bond donors (Lipinski definition) is 1. The minimum absolute atomic E-state index is 0.0553. The molecular formula is C30H43N3O4. The minimum atomic E-state index is -0.347. The van der Waals surface area contributed by atoms with Crippen LogP contribution in [0.4, 0.5) is 0 Å². The Balaban J connectivity index is 1.58. The third-order valence-electron chi connectivity index (χ3n) is 8.33. The molecule has 2 heterocycles. The Kier molecular flexibility index (Phi) is 9.48. The van der Waals surface area contributed by atoms with E-state index in [0.717, 1.165) is 38.5 Å². The zero-order valence-corrected chi connectivity index (χ0v) is 22.7. The molecule has 0 spiro atoms. The SMILES string of the molecule is C[C@H]1CN([C@@H](C)CO)C(=O)c2cc(C#CC3CCCCC3)cnc2O[C@@H]1CN(C)C(=O)C1CCCCC1. The van der Waals surface area contributed by atoms with Gasteiger partial charge in [0.15, 0.2) is 0 Å². The second kappa shape index (κ2) is 12.8. The monoisotopic (exact) mass is 509 g/mol. The van der Waals surface area contributed by atoms with E-state index >= 15 is 0 Å². The van der Waals surface area contributed by atoms with Crippen LogP contribution >= 0.6 is 0 Å². The molecule has 2 amide bonds. The van der Waals surface area contributed by atoms with Crippen LogP contribution in [0.1, 0.15) is 94.0 Å². The smallest absolute Gasteiger partial charge is 0.259 e. The van der Waals surface area contributed by atoms with Gasteiger partial charge in [-0.2, -0.15) is 0 Å². The largest absolute Gasteiger partial charge is 0.472 e. The average Bonchev–Trinajstić information content (AvgIpc) is 2.94. The first-order valence-corrected chi connectivity index (χ1v) is 14.2. The highest BCUT2D eigenvalue weighted by molar-refractivity contribution is 5.97. The molecule has 1 aliphatic heterocycles.